The summed E-state index contributed by atoms with van der Waals surface area (Å²) in [5.41, 5.74) is 3.55. The number of nitrogens with one attached hydrogen (secondary N) is 1. The zero-order valence-corrected chi connectivity index (χ0v) is 19.3. The number of carbonyl (C=O) groups is 2. The number of benzene rings is 3. The van der Waals surface area contributed by atoms with E-state index in [9.17, 15) is 9.59 Å². The number of methoxy groups -OCH3 is 1. The number of hydrogen-bond acceptors (Lipinski definition) is 7. The summed E-state index contributed by atoms with van der Waals surface area (Å²) in [4.78, 5) is 33.3. The lowest BCUT2D eigenvalue weighted by Crippen LogP contribution is -2.18. The molecule has 0 radical (unpaired) electrons. The van der Waals surface area contributed by atoms with Gasteiger partial charge in [-0.3, -0.25) is 5.32 Å². The molecule has 8 nitrogen and oxygen atoms in total. The third-order valence-corrected chi connectivity index (χ3v) is 5.46. The number of anilines is 1. The Kier molecular flexibility index (Phi) is 6.40. The molecule has 0 aliphatic heterocycles. The first-order chi connectivity index (χ1) is 17.6. The van der Waals surface area contributed by atoms with Crippen LogP contribution >= 0.6 is 0 Å². The molecule has 0 fully saturated rings. The zero-order chi connectivity index (χ0) is 24.9. The van der Waals surface area contributed by atoms with Crippen molar-refractivity contribution in [3.63, 3.8) is 0 Å². The number of ether oxygens (including phenoxy) is 2. The maximum absolute atomic E-state index is 12.5. The maximum Gasteiger partial charge on any atom is 0.412 e. The average Bonchev–Trinajstić information content (AvgIpc) is 3.35. The van der Waals surface area contributed by atoms with E-state index < -0.39 is 12.1 Å². The molecule has 178 valence electrons. The van der Waals surface area contributed by atoms with E-state index in [0.29, 0.717) is 17.2 Å². The molecule has 5 rings (SSSR count). The van der Waals surface area contributed by atoms with E-state index in [1.807, 2.05) is 84.9 Å². The van der Waals surface area contributed by atoms with Gasteiger partial charge in [0, 0.05) is 10.9 Å². The monoisotopic (exact) mass is 479 g/mol. The Bertz CT molecular complexity index is 1530. The summed E-state index contributed by atoms with van der Waals surface area (Å²) in [6.45, 7) is -0.0995. The molecular weight excluding hydrogens is 458 g/mol. The highest BCUT2D eigenvalue weighted by atomic mass is 16.6. The van der Waals surface area contributed by atoms with Crippen LogP contribution in [0.4, 0.5) is 10.5 Å². The number of aromatic nitrogens is 2. The Morgan fingerprint density at radius 2 is 1.61 bits per heavy atom. The summed E-state index contributed by atoms with van der Waals surface area (Å²) in [5.74, 6) is 0.0951. The van der Waals surface area contributed by atoms with Crippen molar-refractivity contribution in [1.82, 2.24) is 9.97 Å². The van der Waals surface area contributed by atoms with E-state index in [2.05, 4.69) is 15.3 Å². The molecule has 0 saturated heterocycles. The third kappa shape index (κ3) is 4.92. The van der Waals surface area contributed by atoms with Crippen LogP contribution in [0.2, 0.25) is 0 Å². The second-order valence-corrected chi connectivity index (χ2v) is 7.85. The van der Waals surface area contributed by atoms with Crippen molar-refractivity contribution in [2.45, 2.75) is 6.61 Å². The normalized spacial score (nSPS) is 10.7. The average molecular weight is 479 g/mol. The van der Waals surface area contributed by atoms with Gasteiger partial charge < -0.3 is 13.9 Å². The topological polar surface area (TPSA) is 104 Å². The highest BCUT2D eigenvalue weighted by Crippen LogP contribution is 2.27. The van der Waals surface area contributed by atoms with Crippen LogP contribution in [0.15, 0.2) is 95.5 Å². The molecule has 1 amide bonds. The lowest BCUT2D eigenvalue weighted by Gasteiger charge is -2.10. The standard InChI is InChI=1S/C28H21N3O5/c1-34-27(32)25-23(16-29-26(31-25)19-10-6-3-7-11-19)30-28(33)35-17-22-15-21-14-20(12-13-24(21)36-22)18-8-4-2-5-9-18/h2-16H,17H2,1H3,(H,30,33). The van der Waals surface area contributed by atoms with Crippen molar-refractivity contribution in [3.05, 3.63) is 103 Å². The van der Waals surface area contributed by atoms with Crippen molar-refractivity contribution in [2.75, 3.05) is 12.4 Å². The number of amides is 1. The summed E-state index contributed by atoms with van der Waals surface area (Å²) >= 11 is 0. The molecule has 0 bridgehead atoms. The fourth-order valence-corrected chi connectivity index (χ4v) is 3.71. The molecule has 0 atom stereocenters. The molecule has 0 aliphatic rings. The molecule has 5 aromatic rings. The first-order valence-corrected chi connectivity index (χ1v) is 11.1. The van der Waals surface area contributed by atoms with Crippen LogP contribution in [-0.4, -0.2) is 29.1 Å². The highest BCUT2D eigenvalue weighted by molar-refractivity contribution is 5.98. The smallest absolute Gasteiger partial charge is 0.412 e. The summed E-state index contributed by atoms with van der Waals surface area (Å²) < 4.78 is 15.9. The van der Waals surface area contributed by atoms with Gasteiger partial charge in [0.05, 0.1) is 19.0 Å². The highest BCUT2D eigenvalue weighted by Gasteiger charge is 2.19. The van der Waals surface area contributed by atoms with Gasteiger partial charge in [0.25, 0.3) is 0 Å². The van der Waals surface area contributed by atoms with Gasteiger partial charge in [-0.1, -0.05) is 66.7 Å². The fraction of sp³-hybridized carbons (Fsp3) is 0.0714. The minimum absolute atomic E-state index is 0.0728. The Morgan fingerprint density at radius 3 is 2.33 bits per heavy atom. The van der Waals surface area contributed by atoms with Gasteiger partial charge in [0.15, 0.2) is 18.1 Å². The molecule has 0 saturated carbocycles. The number of nitrogens with zero attached hydrogens (tertiary/aromatic N) is 2. The van der Waals surface area contributed by atoms with Gasteiger partial charge in [0.2, 0.25) is 0 Å². The lowest BCUT2D eigenvalue weighted by atomic mass is 10.0. The summed E-state index contributed by atoms with van der Waals surface area (Å²) in [7, 11) is 1.24. The number of hydrogen-bond donors (Lipinski definition) is 1. The Balaban J connectivity index is 1.29. The molecule has 3 aromatic carbocycles. The molecule has 0 aliphatic carbocycles. The first kappa shape index (κ1) is 22.8. The Morgan fingerprint density at radius 1 is 0.889 bits per heavy atom. The number of fused-ring (bicyclic) bond motifs is 1. The predicted octanol–water partition coefficient (Wildman–Crippen LogP) is 6.09. The molecule has 36 heavy (non-hydrogen) atoms. The van der Waals surface area contributed by atoms with Crippen LogP contribution in [0.5, 0.6) is 0 Å². The van der Waals surface area contributed by atoms with Crippen molar-refractivity contribution in [2.24, 2.45) is 0 Å². The van der Waals surface area contributed by atoms with E-state index >= 15 is 0 Å². The minimum atomic E-state index is -0.790. The van der Waals surface area contributed by atoms with E-state index in [0.717, 1.165) is 22.1 Å². The van der Waals surface area contributed by atoms with Gasteiger partial charge in [-0.2, -0.15) is 0 Å². The third-order valence-electron chi connectivity index (χ3n) is 5.46. The van der Waals surface area contributed by atoms with Crippen molar-refractivity contribution < 1.29 is 23.5 Å². The molecule has 1 N–H and O–H groups in total. The van der Waals surface area contributed by atoms with Gasteiger partial charge >= 0.3 is 12.1 Å². The summed E-state index contributed by atoms with van der Waals surface area (Å²) in [6, 6.07) is 26.9. The number of rotatable bonds is 6. The van der Waals surface area contributed by atoms with Crippen LogP contribution in [0.25, 0.3) is 33.5 Å². The predicted molar refractivity (Wildman–Crippen MR) is 134 cm³/mol. The lowest BCUT2D eigenvalue weighted by molar-refractivity contribution is 0.0595. The van der Waals surface area contributed by atoms with Crippen LogP contribution < -0.4 is 5.32 Å². The van der Waals surface area contributed by atoms with Gasteiger partial charge in [-0.25, -0.2) is 19.6 Å². The second kappa shape index (κ2) is 10.1. The second-order valence-electron chi connectivity index (χ2n) is 7.85. The molecule has 8 heteroatoms. The van der Waals surface area contributed by atoms with Crippen LogP contribution in [-0.2, 0) is 16.1 Å². The number of carbonyl (C=O) groups excluding carboxylic acids is 2. The first-order valence-electron chi connectivity index (χ1n) is 11.1. The quantitative estimate of drug-likeness (QED) is 0.294. The Labute approximate surface area is 206 Å². The van der Waals surface area contributed by atoms with E-state index in [-0.39, 0.29) is 18.0 Å². The van der Waals surface area contributed by atoms with E-state index in [4.69, 9.17) is 13.9 Å². The maximum atomic E-state index is 12.5. The van der Waals surface area contributed by atoms with E-state index in [1.54, 1.807) is 0 Å². The van der Waals surface area contributed by atoms with Gasteiger partial charge in [0.1, 0.15) is 11.3 Å². The summed E-state index contributed by atoms with van der Waals surface area (Å²) in [6.07, 6.45) is 0.552. The molecule has 0 spiro atoms. The molecular formula is C28H21N3O5. The largest absolute Gasteiger partial charge is 0.464 e. The SMILES string of the molecule is COC(=O)c1nc(-c2ccccc2)ncc1NC(=O)OCc1cc2cc(-c3ccccc3)ccc2o1. The van der Waals surface area contributed by atoms with Crippen molar-refractivity contribution in [1.29, 1.82) is 0 Å². The Hall–Kier alpha value is -4.98. The molecule has 2 heterocycles. The number of furan rings is 1. The van der Waals surface area contributed by atoms with Crippen LogP contribution in [0.3, 0.4) is 0 Å². The van der Waals surface area contributed by atoms with E-state index in [1.165, 1.54) is 13.3 Å². The number of esters is 1. The van der Waals surface area contributed by atoms with Crippen LogP contribution in [0, 0.1) is 0 Å². The zero-order valence-electron chi connectivity index (χ0n) is 19.3. The summed E-state index contributed by atoms with van der Waals surface area (Å²) in [5, 5.41) is 3.41. The van der Waals surface area contributed by atoms with Gasteiger partial charge in [-0.15, -0.1) is 0 Å². The molecule has 0 unspecified atom stereocenters. The van der Waals surface area contributed by atoms with Gasteiger partial charge in [-0.05, 0) is 29.3 Å². The van der Waals surface area contributed by atoms with Crippen LogP contribution in [0.1, 0.15) is 16.2 Å². The fourth-order valence-electron chi connectivity index (χ4n) is 3.71. The van der Waals surface area contributed by atoms with Crippen molar-refractivity contribution >= 4 is 28.7 Å². The molecule has 2 aromatic heterocycles. The van der Waals surface area contributed by atoms with Crippen molar-refractivity contribution in [3.8, 4) is 22.5 Å². The minimum Gasteiger partial charge on any atom is -0.464 e.